The van der Waals surface area contributed by atoms with Gasteiger partial charge < -0.3 is 39.0 Å². The van der Waals surface area contributed by atoms with Crippen LogP contribution < -0.4 is 5.32 Å². The quantitative estimate of drug-likeness (QED) is 0.182. The summed E-state index contributed by atoms with van der Waals surface area (Å²) in [6.45, 7) is 12.7. The number of carbonyl (C=O) groups is 5. The van der Waals surface area contributed by atoms with E-state index >= 15 is 0 Å². The molecule has 3 aliphatic heterocycles. The first kappa shape index (κ1) is 54.4. The van der Waals surface area contributed by atoms with E-state index in [9.17, 15) is 39.3 Å². The van der Waals surface area contributed by atoms with Gasteiger partial charge in [0.05, 0.1) is 36.6 Å². The Balaban J connectivity index is 1.66. The highest BCUT2D eigenvalue weighted by Crippen LogP contribution is 2.37. The third-order valence-corrected chi connectivity index (χ3v) is 14.5. The second-order valence-electron chi connectivity index (χ2n) is 19.7. The number of fused-ring (bicyclic) bond motifs is 4. The third kappa shape index (κ3) is 14.6. The number of rotatable bonds is 6. The molecule has 16 atom stereocenters. The van der Waals surface area contributed by atoms with Gasteiger partial charge in [0.15, 0.2) is 11.6 Å². The Morgan fingerprint density at radius 2 is 1.55 bits per heavy atom. The number of allylic oxidation sites excluding steroid dienone is 6. The van der Waals surface area contributed by atoms with Crippen molar-refractivity contribution in [2.75, 3.05) is 21.3 Å². The Bertz CT molecular complexity index is 1760. The maximum atomic E-state index is 14.1. The fourth-order valence-corrected chi connectivity index (χ4v) is 10.1. The van der Waals surface area contributed by atoms with Crippen LogP contribution in [0.25, 0.3) is 0 Å². The topological polar surface area (TPSA) is 204 Å². The van der Waals surface area contributed by atoms with E-state index in [0.717, 1.165) is 12.0 Å². The van der Waals surface area contributed by atoms with Crippen LogP contribution in [-0.2, 0) is 47.7 Å². The first-order valence-corrected chi connectivity index (χ1v) is 23.9. The van der Waals surface area contributed by atoms with E-state index in [4.69, 9.17) is 23.7 Å². The number of hydrogen-bond donors (Lipinski definition) is 4. The van der Waals surface area contributed by atoms with Gasteiger partial charge in [0.1, 0.15) is 18.2 Å². The molecule has 3 heterocycles. The highest BCUT2D eigenvalue weighted by Gasteiger charge is 2.52. The number of ether oxygens (including phenoxy) is 5. The van der Waals surface area contributed by atoms with Gasteiger partial charge in [-0.25, -0.2) is 0 Å². The van der Waals surface area contributed by atoms with Crippen molar-refractivity contribution in [3.63, 3.8) is 0 Å². The Labute approximate surface area is 387 Å². The van der Waals surface area contributed by atoms with Gasteiger partial charge in [0.25, 0.3) is 5.78 Å². The summed E-state index contributed by atoms with van der Waals surface area (Å²) in [5, 5.41) is 36.7. The molecular formula is C51H79NO13. The lowest BCUT2D eigenvalue weighted by molar-refractivity contribution is -0.264. The minimum atomic E-state index is -2.36. The molecule has 1 saturated carbocycles. The van der Waals surface area contributed by atoms with Crippen molar-refractivity contribution >= 4 is 29.1 Å². The molecule has 4 bridgehead atoms. The van der Waals surface area contributed by atoms with Gasteiger partial charge in [-0.2, -0.15) is 0 Å². The van der Waals surface area contributed by atoms with Crippen molar-refractivity contribution in [3.8, 4) is 0 Å². The van der Waals surface area contributed by atoms with Crippen molar-refractivity contribution < 1.29 is 63.0 Å². The summed E-state index contributed by atoms with van der Waals surface area (Å²) in [5.74, 6) is -7.41. The van der Waals surface area contributed by atoms with Gasteiger partial charge in [-0.1, -0.05) is 71.1 Å². The van der Waals surface area contributed by atoms with Crippen LogP contribution in [0.15, 0.2) is 47.6 Å². The average molecular weight is 914 g/mol. The second kappa shape index (κ2) is 25.2. The lowest BCUT2D eigenvalue weighted by Gasteiger charge is -2.42. The van der Waals surface area contributed by atoms with Gasteiger partial charge in [0, 0.05) is 51.9 Å². The number of Topliss-reactive ketones (excluding diaryl/α,β-unsaturated/α-hetero) is 4. The maximum Gasteiger partial charge on any atom is 0.323 e. The largest absolute Gasteiger partial charge is 0.460 e. The number of cyclic esters (lactones) is 1. The molecule has 65 heavy (non-hydrogen) atoms. The zero-order valence-electron chi connectivity index (χ0n) is 40.5. The number of piperidine rings is 1. The summed E-state index contributed by atoms with van der Waals surface area (Å²) < 4.78 is 29.3. The molecule has 0 spiro atoms. The van der Waals surface area contributed by atoms with Crippen LogP contribution in [0.4, 0.5) is 0 Å². The number of ketones is 4. The van der Waals surface area contributed by atoms with Gasteiger partial charge >= 0.3 is 5.97 Å². The zero-order valence-corrected chi connectivity index (χ0v) is 40.5. The van der Waals surface area contributed by atoms with Gasteiger partial charge in [-0.3, -0.25) is 29.3 Å². The minimum absolute atomic E-state index is 0.0210. The van der Waals surface area contributed by atoms with E-state index in [1.54, 1.807) is 41.1 Å². The molecule has 0 radical (unpaired) electrons. The van der Waals surface area contributed by atoms with Crippen molar-refractivity contribution in [1.29, 1.82) is 0 Å². The maximum absolute atomic E-state index is 14.1. The zero-order chi connectivity index (χ0) is 48.2. The second-order valence-corrected chi connectivity index (χ2v) is 19.7. The molecule has 4 N–H and O–H groups in total. The Morgan fingerprint density at radius 1 is 0.846 bits per heavy atom. The summed E-state index contributed by atoms with van der Waals surface area (Å²) in [5.41, 5.74) is 1.22. The standard InChI is InChI=1S/C51H79NO13/c1-29-15-12-11-13-16-30(2)42(61-8)27-37-21-19-35(7)51(60,65-37)49(58)47(57)38-17-14-18-39(52-38)50(59)64-43(32(4)25-36-20-22-40(53)44(26-36)62-9)28-41(54)31(3)24-34(6)46(56)48(63-10)45(55)33(5)23-29/h11-13,15-16,24,29,32-40,42-44,46,48,52-53,56,60H,14,17-23,25-28H2,1-10H3/t29-,32-,33-,34?,35-,36?,37+,38?,39+,40-,42+,43+,44-,46-,48+,51-/m1/s1. The van der Waals surface area contributed by atoms with Gasteiger partial charge in [-0.05, 0) is 107 Å². The minimum Gasteiger partial charge on any atom is -0.460 e. The van der Waals surface area contributed by atoms with Crippen LogP contribution in [0.5, 0.6) is 0 Å². The van der Waals surface area contributed by atoms with Crippen LogP contribution in [-0.4, -0.2) is 126 Å². The monoisotopic (exact) mass is 914 g/mol. The lowest BCUT2D eigenvalue weighted by atomic mass is 9.78. The molecule has 3 unspecified atom stereocenters. The molecule has 0 aromatic heterocycles. The molecule has 14 heteroatoms. The molecule has 0 amide bonds. The Hall–Kier alpha value is -3.21. The molecule has 4 rings (SSSR count). The van der Waals surface area contributed by atoms with Gasteiger partial charge in [0.2, 0.25) is 11.6 Å². The Kier molecular flexibility index (Phi) is 21.1. The number of aliphatic hydroxyl groups is 3. The van der Waals surface area contributed by atoms with E-state index in [-0.39, 0.29) is 48.3 Å². The number of hydrogen-bond acceptors (Lipinski definition) is 14. The molecule has 2 saturated heterocycles. The van der Waals surface area contributed by atoms with E-state index in [1.165, 1.54) is 7.11 Å². The molecule has 0 aromatic carbocycles. The fourth-order valence-electron chi connectivity index (χ4n) is 10.1. The van der Waals surface area contributed by atoms with Crippen molar-refractivity contribution in [2.24, 2.45) is 35.5 Å². The summed E-state index contributed by atoms with van der Waals surface area (Å²) in [6.07, 6.45) is 11.2. The normalized spacial score (nSPS) is 38.9. The first-order chi connectivity index (χ1) is 30.7. The Morgan fingerprint density at radius 3 is 2.23 bits per heavy atom. The summed E-state index contributed by atoms with van der Waals surface area (Å²) >= 11 is 0. The van der Waals surface area contributed by atoms with E-state index in [2.05, 4.69) is 5.32 Å². The molecule has 366 valence electrons. The smallest absolute Gasteiger partial charge is 0.323 e. The first-order valence-electron chi connectivity index (χ1n) is 23.9. The number of carbonyl (C=O) groups excluding carboxylic acids is 5. The molecule has 14 nitrogen and oxygen atoms in total. The lowest BCUT2D eigenvalue weighted by Crippen LogP contribution is -2.60. The van der Waals surface area contributed by atoms with Crippen molar-refractivity contribution in [1.82, 2.24) is 5.32 Å². The van der Waals surface area contributed by atoms with Crippen LogP contribution in [0.2, 0.25) is 0 Å². The summed E-state index contributed by atoms with van der Waals surface area (Å²) in [6, 6.07) is -2.04. The van der Waals surface area contributed by atoms with E-state index < -0.39 is 89.8 Å². The molecule has 3 fully saturated rings. The molecule has 0 aromatic rings. The van der Waals surface area contributed by atoms with E-state index in [0.29, 0.717) is 63.4 Å². The van der Waals surface area contributed by atoms with Crippen LogP contribution >= 0.6 is 0 Å². The average Bonchev–Trinajstić information content (AvgIpc) is 3.28. The number of nitrogens with one attached hydrogen (secondary N) is 1. The summed E-state index contributed by atoms with van der Waals surface area (Å²) in [4.78, 5) is 69.7. The van der Waals surface area contributed by atoms with Crippen LogP contribution in [0, 0.1) is 35.5 Å². The number of methoxy groups -OCH3 is 3. The number of aliphatic hydroxyl groups excluding tert-OH is 2. The van der Waals surface area contributed by atoms with Gasteiger partial charge in [-0.15, -0.1) is 0 Å². The van der Waals surface area contributed by atoms with E-state index in [1.807, 2.05) is 58.1 Å². The summed E-state index contributed by atoms with van der Waals surface area (Å²) in [7, 11) is 4.54. The molecule has 1 aliphatic carbocycles. The third-order valence-electron chi connectivity index (χ3n) is 14.5. The SMILES string of the molecule is CO[C@H]1C[C@@H]2CC[C@@H](C)[C@@](O)(O2)C(=O)C(=O)C2CCC[C@H](N2)C(=O)O[C@H]([C@H](C)CC2CC[C@@H](O)[C@H](OC)C2)CC(=O)C(C)=CC(C)[C@@H](O)[C@@H](OC)C(=O)[C@H](C)C[C@H](C)C=CC=CC=C1C. The number of esters is 1. The van der Waals surface area contributed by atoms with Crippen molar-refractivity contribution in [3.05, 3.63) is 47.6 Å². The highest BCUT2D eigenvalue weighted by molar-refractivity contribution is 6.41. The van der Waals surface area contributed by atoms with Crippen LogP contribution in [0.1, 0.15) is 126 Å². The van der Waals surface area contributed by atoms with Crippen molar-refractivity contribution in [2.45, 2.75) is 186 Å². The predicted octanol–water partition coefficient (Wildman–Crippen LogP) is 5.88. The highest BCUT2D eigenvalue weighted by atomic mass is 16.6. The molecular weight excluding hydrogens is 835 g/mol. The molecule has 4 aliphatic rings. The fraction of sp³-hybridized carbons (Fsp3) is 0.745. The van der Waals surface area contributed by atoms with Crippen LogP contribution in [0.3, 0.4) is 0 Å². The predicted molar refractivity (Wildman–Crippen MR) is 245 cm³/mol.